The fourth-order valence-electron chi connectivity index (χ4n) is 2.47. The molecule has 0 saturated heterocycles. The summed E-state index contributed by atoms with van der Waals surface area (Å²) in [4.78, 5) is 11.4. The van der Waals surface area contributed by atoms with E-state index in [1.807, 2.05) is 17.6 Å². The van der Waals surface area contributed by atoms with Gasteiger partial charge in [0.1, 0.15) is 11.3 Å². The van der Waals surface area contributed by atoms with E-state index in [4.69, 9.17) is 5.73 Å². The minimum atomic E-state index is -0.315. The molecular formula is C14H16FN5. The van der Waals surface area contributed by atoms with Crippen molar-refractivity contribution in [2.75, 3.05) is 0 Å². The highest BCUT2D eigenvalue weighted by Crippen LogP contribution is 2.23. The molecule has 1 aromatic carbocycles. The fraction of sp³-hybridized carbons (Fsp3) is 0.286. The first-order valence-electron chi connectivity index (χ1n) is 6.58. The third kappa shape index (κ3) is 2.08. The van der Waals surface area contributed by atoms with Gasteiger partial charge in [0.05, 0.1) is 17.9 Å². The zero-order valence-corrected chi connectivity index (χ0v) is 11.2. The number of rotatable bonds is 4. The van der Waals surface area contributed by atoms with Crippen molar-refractivity contribution in [2.24, 2.45) is 5.73 Å². The lowest BCUT2D eigenvalue weighted by atomic mass is 10.1. The highest BCUT2D eigenvalue weighted by molar-refractivity contribution is 5.76. The number of H-pyrrole nitrogens is 1. The van der Waals surface area contributed by atoms with Crippen LogP contribution in [0.3, 0.4) is 0 Å². The largest absolute Gasteiger partial charge is 0.348 e. The maximum atomic E-state index is 13.8. The molecular weight excluding hydrogens is 257 g/mol. The maximum absolute atomic E-state index is 13.8. The summed E-state index contributed by atoms with van der Waals surface area (Å²) in [6.45, 7) is 2.70. The molecule has 1 atom stereocenters. The average molecular weight is 273 g/mol. The van der Waals surface area contributed by atoms with Gasteiger partial charge in [-0.25, -0.2) is 14.4 Å². The normalized spacial score (nSPS) is 12.9. The average Bonchev–Trinajstić information content (AvgIpc) is 3.06. The van der Waals surface area contributed by atoms with Gasteiger partial charge >= 0.3 is 0 Å². The van der Waals surface area contributed by atoms with Crippen LogP contribution in [-0.4, -0.2) is 19.5 Å². The Morgan fingerprint density at radius 3 is 3.00 bits per heavy atom. The number of hydrogen-bond acceptors (Lipinski definition) is 3. The Balaban J connectivity index is 2.04. The van der Waals surface area contributed by atoms with Crippen molar-refractivity contribution >= 4 is 11.0 Å². The quantitative estimate of drug-likeness (QED) is 0.765. The molecule has 1 unspecified atom stereocenters. The van der Waals surface area contributed by atoms with E-state index in [0.717, 1.165) is 11.2 Å². The van der Waals surface area contributed by atoms with E-state index < -0.39 is 0 Å². The molecule has 0 spiro atoms. The molecule has 0 fully saturated rings. The van der Waals surface area contributed by atoms with E-state index in [2.05, 4.69) is 15.0 Å². The van der Waals surface area contributed by atoms with Crippen LogP contribution in [0.1, 0.15) is 24.5 Å². The summed E-state index contributed by atoms with van der Waals surface area (Å²) in [6, 6.07) is 4.67. The summed E-state index contributed by atoms with van der Waals surface area (Å²) in [6.07, 6.45) is 3.94. The van der Waals surface area contributed by atoms with Gasteiger partial charge < -0.3 is 15.3 Å². The lowest BCUT2D eigenvalue weighted by Gasteiger charge is -2.12. The van der Waals surface area contributed by atoms with Gasteiger partial charge in [0, 0.05) is 24.9 Å². The number of aryl methyl sites for hydroxylation is 1. The van der Waals surface area contributed by atoms with E-state index in [0.29, 0.717) is 24.3 Å². The van der Waals surface area contributed by atoms with Crippen molar-refractivity contribution < 1.29 is 4.39 Å². The minimum absolute atomic E-state index is 0.304. The predicted octanol–water partition coefficient (Wildman–Crippen LogP) is 2.16. The Hall–Kier alpha value is -2.21. The molecule has 2 aromatic heterocycles. The summed E-state index contributed by atoms with van der Waals surface area (Å²) < 4.78 is 15.8. The molecule has 20 heavy (non-hydrogen) atoms. The number of halogens is 1. The zero-order valence-electron chi connectivity index (χ0n) is 11.2. The molecule has 0 bridgehead atoms. The molecule has 3 rings (SSSR count). The first kappa shape index (κ1) is 12.8. The van der Waals surface area contributed by atoms with Gasteiger partial charge in [-0.2, -0.15) is 0 Å². The Bertz CT molecular complexity index is 717. The molecule has 0 aliphatic heterocycles. The number of nitrogens with one attached hydrogen (secondary N) is 1. The Kier molecular flexibility index (Phi) is 3.23. The van der Waals surface area contributed by atoms with Crippen LogP contribution in [0, 0.1) is 5.82 Å². The van der Waals surface area contributed by atoms with Gasteiger partial charge in [0.2, 0.25) is 0 Å². The van der Waals surface area contributed by atoms with Gasteiger partial charge in [-0.3, -0.25) is 0 Å². The summed E-state index contributed by atoms with van der Waals surface area (Å²) in [5.41, 5.74) is 8.32. The summed E-state index contributed by atoms with van der Waals surface area (Å²) in [5, 5.41) is 0. The van der Waals surface area contributed by atoms with Crippen molar-refractivity contribution in [3.8, 4) is 0 Å². The number of nitrogens with zero attached hydrogens (tertiary/aromatic N) is 3. The van der Waals surface area contributed by atoms with Crippen molar-refractivity contribution in [1.82, 2.24) is 19.5 Å². The van der Waals surface area contributed by atoms with E-state index >= 15 is 0 Å². The van der Waals surface area contributed by atoms with Gasteiger partial charge in [0.25, 0.3) is 0 Å². The van der Waals surface area contributed by atoms with Crippen LogP contribution in [0.5, 0.6) is 0 Å². The number of benzene rings is 1. The molecule has 2 heterocycles. The number of fused-ring (bicyclic) bond motifs is 1. The Morgan fingerprint density at radius 2 is 2.30 bits per heavy atom. The van der Waals surface area contributed by atoms with Crippen LogP contribution in [-0.2, 0) is 13.0 Å². The molecule has 0 amide bonds. The van der Waals surface area contributed by atoms with Crippen LogP contribution < -0.4 is 5.73 Å². The first-order valence-corrected chi connectivity index (χ1v) is 6.58. The molecule has 0 aliphatic rings. The number of nitrogens with two attached hydrogens (primary N) is 1. The first-order chi connectivity index (χ1) is 9.70. The monoisotopic (exact) mass is 273 g/mol. The minimum Gasteiger partial charge on any atom is -0.348 e. The van der Waals surface area contributed by atoms with E-state index in [9.17, 15) is 4.39 Å². The van der Waals surface area contributed by atoms with Crippen LogP contribution in [0.2, 0.25) is 0 Å². The van der Waals surface area contributed by atoms with Crippen LogP contribution in [0.15, 0.2) is 30.7 Å². The summed E-state index contributed by atoms with van der Waals surface area (Å²) in [5.74, 6) is 0.381. The number of imidazole rings is 2. The van der Waals surface area contributed by atoms with Crippen LogP contribution in [0.25, 0.3) is 11.0 Å². The molecule has 0 saturated carbocycles. The van der Waals surface area contributed by atoms with Gasteiger partial charge in [-0.1, -0.05) is 6.07 Å². The number of para-hydroxylation sites is 1. The summed E-state index contributed by atoms with van der Waals surface area (Å²) in [7, 11) is 0. The van der Waals surface area contributed by atoms with E-state index in [-0.39, 0.29) is 11.9 Å². The topological polar surface area (TPSA) is 72.5 Å². The van der Waals surface area contributed by atoms with Crippen molar-refractivity contribution in [3.63, 3.8) is 0 Å². The second-order valence-corrected chi connectivity index (χ2v) is 4.71. The highest BCUT2D eigenvalue weighted by Gasteiger charge is 2.18. The van der Waals surface area contributed by atoms with E-state index in [1.165, 1.54) is 6.07 Å². The lowest BCUT2D eigenvalue weighted by Crippen LogP contribution is -2.19. The smallest absolute Gasteiger partial charge is 0.151 e. The molecule has 104 valence electrons. The van der Waals surface area contributed by atoms with Crippen molar-refractivity contribution in [2.45, 2.75) is 25.9 Å². The standard InChI is InChI=1S/C14H16FN5/c1-2-20-12-5-3-4-10(15)13(12)19-14(20)11(16)6-9-7-17-8-18-9/h3-5,7-8,11H,2,6,16H2,1H3,(H,17,18). The Morgan fingerprint density at radius 1 is 1.45 bits per heavy atom. The van der Waals surface area contributed by atoms with Gasteiger partial charge in [0.15, 0.2) is 5.82 Å². The van der Waals surface area contributed by atoms with Gasteiger partial charge in [-0.05, 0) is 19.1 Å². The SMILES string of the molecule is CCn1c(C(N)Cc2cnc[nH]2)nc2c(F)cccc21. The third-order valence-corrected chi connectivity index (χ3v) is 3.40. The predicted molar refractivity (Wildman–Crippen MR) is 74.6 cm³/mol. The van der Waals surface area contributed by atoms with Crippen LogP contribution in [0.4, 0.5) is 4.39 Å². The number of aromatic amines is 1. The highest BCUT2D eigenvalue weighted by atomic mass is 19.1. The number of aromatic nitrogens is 4. The molecule has 3 aromatic rings. The fourth-order valence-corrected chi connectivity index (χ4v) is 2.47. The molecule has 0 aliphatic carbocycles. The van der Waals surface area contributed by atoms with Gasteiger partial charge in [-0.15, -0.1) is 0 Å². The van der Waals surface area contributed by atoms with Crippen molar-refractivity contribution in [3.05, 3.63) is 48.1 Å². The lowest BCUT2D eigenvalue weighted by molar-refractivity contribution is 0.603. The van der Waals surface area contributed by atoms with Crippen LogP contribution >= 0.6 is 0 Å². The second kappa shape index (κ2) is 5.05. The van der Waals surface area contributed by atoms with Crippen molar-refractivity contribution in [1.29, 1.82) is 0 Å². The van der Waals surface area contributed by atoms with E-state index in [1.54, 1.807) is 18.6 Å². The number of hydrogen-bond donors (Lipinski definition) is 2. The molecule has 6 heteroatoms. The molecule has 5 nitrogen and oxygen atoms in total. The molecule has 3 N–H and O–H groups in total. The third-order valence-electron chi connectivity index (χ3n) is 3.40. The zero-order chi connectivity index (χ0) is 14.1. The second-order valence-electron chi connectivity index (χ2n) is 4.71. The Labute approximate surface area is 115 Å². The molecule has 0 radical (unpaired) electrons. The maximum Gasteiger partial charge on any atom is 0.151 e. The summed E-state index contributed by atoms with van der Waals surface area (Å²) >= 11 is 0.